The average Bonchev–Trinajstić information content (AvgIpc) is 2.25. The van der Waals surface area contributed by atoms with Gasteiger partial charge in [0.2, 0.25) is 0 Å². The van der Waals surface area contributed by atoms with E-state index in [-0.39, 0.29) is 17.3 Å². The van der Waals surface area contributed by atoms with Crippen LogP contribution in [0, 0.1) is 10.1 Å². The van der Waals surface area contributed by atoms with Gasteiger partial charge in [-0.25, -0.2) is 0 Å². The molecule has 0 atom stereocenters. The molecule has 0 radical (unpaired) electrons. The number of carbonyl (C=O) groups is 1. The first kappa shape index (κ1) is 12.3. The highest BCUT2D eigenvalue weighted by atomic mass is 16.6. The molecule has 0 unspecified atom stereocenters. The van der Waals surface area contributed by atoms with Crippen LogP contribution >= 0.6 is 0 Å². The molecule has 18 heavy (non-hydrogen) atoms. The number of nitrogens with zero attached hydrogens (tertiary/aromatic N) is 2. The molecule has 0 aromatic heterocycles. The number of hydrogen-bond acceptors (Lipinski definition) is 5. The number of nitrogens with two attached hydrogens (primary N) is 1. The number of rotatable bonds is 4. The molecular weight excluding hydrogens is 236 g/mol. The molecule has 96 valence electrons. The predicted octanol–water partition coefficient (Wildman–Crippen LogP) is 0.102. The minimum absolute atomic E-state index is 0.132. The molecule has 1 aromatic rings. The molecular formula is C11H14N4O3. The SMILES string of the molecule is CN(c1ccc([N+](=O)[O-])cc1C(N)=O)C1CNC1. The molecule has 0 bridgehead atoms. The molecule has 0 saturated carbocycles. The number of carbonyl (C=O) groups excluding carboxylic acids is 1. The Morgan fingerprint density at radius 2 is 2.22 bits per heavy atom. The fourth-order valence-electron chi connectivity index (χ4n) is 1.89. The van der Waals surface area contributed by atoms with E-state index >= 15 is 0 Å². The van der Waals surface area contributed by atoms with Gasteiger partial charge in [-0.3, -0.25) is 14.9 Å². The van der Waals surface area contributed by atoms with Gasteiger partial charge >= 0.3 is 0 Å². The summed E-state index contributed by atoms with van der Waals surface area (Å²) in [4.78, 5) is 23.5. The molecule has 1 aliphatic rings. The van der Waals surface area contributed by atoms with Gasteiger partial charge in [-0.05, 0) is 6.07 Å². The average molecular weight is 250 g/mol. The summed E-state index contributed by atoms with van der Waals surface area (Å²) in [7, 11) is 1.85. The maximum atomic E-state index is 11.4. The van der Waals surface area contributed by atoms with E-state index in [0.717, 1.165) is 13.1 Å². The van der Waals surface area contributed by atoms with Gasteiger partial charge in [0, 0.05) is 32.3 Å². The molecule has 1 aliphatic heterocycles. The molecule has 7 heteroatoms. The van der Waals surface area contributed by atoms with E-state index in [1.807, 2.05) is 11.9 Å². The van der Waals surface area contributed by atoms with Crippen molar-refractivity contribution in [3.8, 4) is 0 Å². The highest BCUT2D eigenvalue weighted by Gasteiger charge is 2.25. The minimum atomic E-state index is -0.659. The molecule has 1 saturated heterocycles. The molecule has 2 rings (SSSR count). The second-order valence-electron chi connectivity index (χ2n) is 4.25. The summed E-state index contributed by atoms with van der Waals surface area (Å²) in [5.41, 5.74) is 5.95. The molecule has 1 amide bonds. The topological polar surface area (TPSA) is 102 Å². The van der Waals surface area contributed by atoms with Crippen LogP contribution in [0.3, 0.4) is 0 Å². The van der Waals surface area contributed by atoms with Gasteiger partial charge in [-0.15, -0.1) is 0 Å². The summed E-state index contributed by atoms with van der Waals surface area (Å²) in [6, 6.07) is 4.45. The van der Waals surface area contributed by atoms with Crippen molar-refractivity contribution in [1.82, 2.24) is 5.32 Å². The van der Waals surface area contributed by atoms with Crippen LogP contribution in [0.5, 0.6) is 0 Å². The van der Waals surface area contributed by atoms with Crippen molar-refractivity contribution < 1.29 is 9.72 Å². The molecule has 7 nitrogen and oxygen atoms in total. The van der Waals surface area contributed by atoms with E-state index in [4.69, 9.17) is 5.73 Å². The summed E-state index contributed by atoms with van der Waals surface area (Å²) in [6.45, 7) is 1.65. The van der Waals surface area contributed by atoms with Gasteiger partial charge in [-0.1, -0.05) is 0 Å². The zero-order valence-corrected chi connectivity index (χ0v) is 9.92. The number of hydrogen-bond donors (Lipinski definition) is 2. The first-order valence-corrected chi connectivity index (χ1v) is 5.52. The number of amides is 1. The van der Waals surface area contributed by atoms with Crippen molar-refractivity contribution in [1.29, 1.82) is 0 Å². The minimum Gasteiger partial charge on any atom is -0.368 e. The van der Waals surface area contributed by atoms with Gasteiger partial charge in [0.05, 0.1) is 22.2 Å². The summed E-state index contributed by atoms with van der Waals surface area (Å²) in [5, 5.41) is 13.8. The van der Waals surface area contributed by atoms with E-state index in [1.165, 1.54) is 12.1 Å². The van der Waals surface area contributed by atoms with Crippen LogP contribution < -0.4 is 16.0 Å². The van der Waals surface area contributed by atoms with Crippen LogP contribution in [0.2, 0.25) is 0 Å². The molecule has 0 aliphatic carbocycles. The lowest BCUT2D eigenvalue weighted by Crippen LogP contribution is -2.56. The maximum Gasteiger partial charge on any atom is 0.270 e. The van der Waals surface area contributed by atoms with Gasteiger partial charge in [0.15, 0.2) is 0 Å². The molecule has 1 aromatic carbocycles. The maximum absolute atomic E-state index is 11.4. The Kier molecular flexibility index (Phi) is 3.15. The van der Waals surface area contributed by atoms with Crippen molar-refractivity contribution in [2.24, 2.45) is 5.73 Å². The lowest BCUT2D eigenvalue weighted by molar-refractivity contribution is -0.384. The van der Waals surface area contributed by atoms with E-state index < -0.39 is 10.8 Å². The van der Waals surface area contributed by atoms with Crippen LogP contribution in [0.25, 0.3) is 0 Å². The zero-order valence-electron chi connectivity index (χ0n) is 9.92. The second-order valence-corrected chi connectivity index (χ2v) is 4.25. The standard InChI is InChI=1S/C11H14N4O3/c1-14(8-5-13-6-8)10-3-2-7(15(17)18)4-9(10)11(12)16/h2-4,8,13H,5-6H2,1H3,(H2,12,16). The summed E-state index contributed by atoms with van der Waals surface area (Å²) in [5.74, 6) is -0.659. The van der Waals surface area contributed by atoms with Crippen molar-refractivity contribution in [2.75, 3.05) is 25.0 Å². The first-order valence-electron chi connectivity index (χ1n) is 5.52. The Labute approximate surface area is 104 Å². The lowest BCUT2D eigenvalue weighted by atomic mass is 10.1. The van der Waals surface area contributed by atoms with E-state index in [1.54, 1.807) is 6.07 Å². The van der Waals surface area contributed by atoms with Crippen molar-refractivity contribution in [2.45, 2.75) is 6.04 Å². The van der Waals surface area contributed by atoms with E-state index in [2.05, 4.69) is 5.32 Å². The second kappa shape index (κ2) is 4.61. The highest BCUT2D eigenvalue weighted by Crippen LogP contribution is 2.26. The number of nitro benzene ring substituents is 1. The number of anilines is 1. The van der Waals surface area contributed by atoms with Gasteiger partial charge < -0.3 is 16.0 Å². The Morgan fingerprint density at radius 1 is 1.56 bits per heavy atom. The van der Waals surface area contributed by atoms with E-state index in [9.17, 15) is 14.9 Å². The lowest BCUT2D eigenvalue weighted by Gasteiger charge is -2.37. The molecule has 1 fully saturated rings. The fourth-order valence-corrected chi connectivity index (χ4v) is 1.89. The Bertz CT molecular complexity index is 499. The third-order valence-electron chi connectivity index (χ3n) is 3.14. The number of benzene rings is 1. The summed E-state index contributed by atoms with van der Waals surface area (Å²) in [6.07, 6.45) is 0. The number of non-ortho nitro benzene ring substituents is 1. The Morgan fingerprint density at radius 3 is 2.67 bits per heavy atom. The molecule has 1 heterocycles. The number of nitrogens with one attached hydrogen (secondary N) is 1. The predicted molar refractivity (Wildman–Crippen MR) is 66.7 cm³/mol. The quantitative estimate of drug-likeness (QED) is 0.583. The third-order valence-corrected chi connectivity index (χ3v) is 3.14. The molecule has 3 N–H and O–H groups in total. The van der Waals surface area contributed by atoms with Crippen molar-refractivity contribution >= 4 is 17.3 Å². The number of likely N-dealkylation sites (N-methyl/N-ethyl adjacent to an activating group) is 1. The van der Waals surface area contributed by atoms with Crippen LogP contribution in [-0.4, -0.2) is 37.0 Å². The van der Waals surface area contributed by atoms with Crippen LogP contribution in [-0.2, 0) is 0 Å². The van der Waals surface area contributed by atoms with Crippen molar-refractivity contribution in [3.63, 3.8) is 0 Å². The number of nitro groups is 1. The van der Waals surface area contributed by atoms with Gasteiger partial charge in [0.1, 0.15) is 0 Å². The molecule has 0 spiro atoms. The van der Waals surface area contributed by atoms with Crippen LogP contribution in [0.1, 0.15) is 10.4 Å². The highest BCUT2D eigenvalue weighted by molar-refractivity contribution is 5.99. The van der Waals surface area contributed by atoms with Gasteiger partial charge in [-0.2, -0.15) is 0 Å². The van der Waals surface area contributed by atoms with Crippen LogP contribution in [0.15, 0.2) is 18.2 Å². The van der Waals surface area contributed by atoms with Crippen molar-refractivity contribution in [3.05, 3.63) is 33.9 Å². The summed E-state index contributed by atoms with van der Waals surface area (Å²) < 4.78 is 0. The monoisotopic (exact) mass is 250 g/mol. The first-order chi connectivity index (χ1) is 8.50. The normalized spacial score (nSPS) is 14.9. The largest absolute Gasteiger partial charge is 0.368 e. The zero-order chi connectivity index (χ0) is 13.3. The summed E-state index contributed by atoms with van der Waals surface area (Å²) >= 11 is 0. The Balaban J connectivity index is 2.39. The van der Waals surface area contributed by atoms with E-state index in [0.29, 0.717) is 5.69 Å². The fraction of sp³-hybridized carbons (Fsp3) is 0.364. The Hall–Kier alpha value is -2.15. The smallest absolute Gasteiger partial charge is 0.270 e. The number of primary amides is 1. The third kappa shape index (κ3) is 2.12. The van der Waals surface area contributed by atoms with Gasteiger partial charge in [0.25, 0.3) is 11.6 Å². The van der Waals surface area contributed by atoms with Crippen LogP contribution in [0.4, 0.5) is 11.4 Å².